The molecular weight excluding hydrogens is 186 g/mol. The van der Waals surface area contributed by atoms with Crippen LogP contribution in [0.3, 0.4) is 0 Å². The monoisotopic (exact) mass is 205 g/mol. The lowest BCUT2D eigenvalue weighted by atomic mass is 10.1. The topological polar surface area (TPSA) is 89.8 Å². The Kier molecular flexibility index (Phi) is 7.37. The molecule has 0 saturated heterocycles. The maximum absolute atomic E-state index is 10.8. The van der Waals surface area contributed by atoms with Crippen molar-refractivity contribution in [3.63, 3.8) is 0 Å². The average molecular weight is 205 g/mol. The summed E-state index contributed by atoms with van der Waals surface area (Å²) in [5.74, 6) is -0.0257. The molecule has 2 atom stereocenters. The molecule has 0 aliphatic heterocycles. The van der Waals surface area contributed by atoms with Gasteiger partial charge in [0.2, 0.25) is 5.91 Å². The summed E-state index contributed by atoms with van der Waals surface area (Å²) in [6, 6.07) is 0. The number of amides is 1. The maximum Gasteiger partial charge on any atom is 0.219 e. The number of carbonyl (C=O) groups is 1. The number of aliphatic hydroxyl groups excluding tert-OH is 3. The minimum absolute atomic E-state index is 0.0257. The van der Waals surface area contributed by atoms with E-state index in [2.05, 4.69) is 5.32 Å². The van der Waals surface area contributed by atoms with Crippen molar-refractivity contribution >= 4 is 5.91 Å². The first-order chi connectivity index (χ1) is 6.61. The van der Waals surface area contributed by atoms with Gasteiger partial charge in [-0.1, -0.05) is 6.92 Å². The molecule has 0 aromatic heterocycles. The highest BCUT2D eigenvalue weighted by atomic mass is 16.4. The molecule has 5 nitrogen and oxygen atoms in total. The molecule has 0 fully saturated rings. The highest BCUT2D eigenvalue weighted by Crippen LogP contribution is 2.01. The minimum atomic E-state index is -1.09. The molecule has 0 aromatic rings. The number of hydrogen-bond acceptors (Lipinski definition) is 4. The van der Waals surface area contributed by atoms with Crippen molar-refractivity contribution in [2.24, 2.45) is 0 Å². The predicted octanol–water partition coefficient (Wildman–Crippen LogP) is -0.993. The van der Waals surface area contributed by atoms with E-state index in [1.807, 2.05) is 0 Å². The summed E-state index contributed by atoms with van der Waals surface area (Å²) >= 11 is 0. The van der Waals surface area contributed by atoms with E-state index in [9.17, 15) is 9.90 Å². The zero-order valence-corrected chi connectivity index (χ0v) is 8.44. The average Bonchev–Trinajstić information content (AvgIpc) is 2.22. The standard InChI is InChI=1S/C9H19NO4/c1-2-9(14)10-5-3-4-7(12)8(13)6-11/h7-8,11-13H,2-6H2,1H3,(H,10,14)/t7-,8+/m0/s1. The SMILES string of the molecule is CCC(=O)NCCC[C@H](O)[C@H](O)CO. The lowest BCUT2D eigenvalue weighted by molar-refractivity contribution is -0.120. The second-order valence-electron chi connectivity index (χ2n) is 3.16. The van der Waals surface area contributed by atoms with Crippen LogP contribution in [-0.4, -0.2) is 46.6 Å². The van der Waals surface area contributed by atoms with E-state index < -0.39 is 18.8 Å². The predicted molar refractivity (Wildman–Crippen MR) is 51.6 cm³/mol. The van der Waals surface area contributed by atoms with Crippen LogP contribution in [0.4, 0.5) is 0 Å². The van der Waals surface area contributed by atoms with Crippen molar-refractivity contribution in [1.29, 1.82) is 0 Å². The molecule has 4 N–H and O–H groups in total. The first-order valence-electron chi connectivity index (χ1n) is 4.85. The highest BCUT2D eigenvalue weighted by molar-refractivity contribution is 5.75. The molecule has 14 heavy (non-hydrogen) atoms. The number of carbonyl (C=O) groups excluding carboxylic acids is 1. The number of rotatable bonds is 7. The molecule has 0 aliphatic rings. The van der Waals surface area contributed by atoms with Gasteiger partial charge in [-0.2, -0.15) is 0 Å². The second-order valence-corrected chi connectivity index (χ2v) is 3.16. The van der Waals surface area contributed by atoms with Crippen LogP contribution in [0.15, 0.2) is 0 Å². The van der Waals surface area contributed by atoms with Crippen molar-refractivity contribution < 1.29 is 20.1 Å². The fraction of sp³-hybridized carbons (Fsp3) is 0.889. The molecule has 0 aromatic carbocycles. The zero-order chi connectivity index (χ0) is 11.0. The molecule has 0 spiro atoms. The van der Waals surface area contributed by atoms with Gasteiger partial charge in [0.1, 0.15) is 6.10 Å². The molecule has 0 aliphatic carbocycles. The number of aliphatic hydroxyl groups is 3. The number of hydrogen-bond donors (Lipinski definition) is 4. The summed E-state index contributed by atoms with van der Waals surface area (Å²) in [5.41, 5.74) is 0. The largest absolute Gasteiger partial charge is 0.394 e. The van der Waals surface area contributed by atoms with Crippen LogP contribution >= 0.6 is 0 Å². The summed E-state index contributed by atoms with van der Waals surface area (Å²) in [6.07, 6.45) is -0.604. The van der Waals surface area contributed by atoms with Crippen molar-refractivity contribution in [2.75, 3.05) is 13.2 Å². The van der Waals surface area contributed by atoms with Gasteiger partial charge in [-0.05, 0) is 12.8 Å². The Labute approximate surface area is 83.8 Å². The summed E-state index contributed by atoms with van der Waals surface area (Å²) < 4.78 is 0. The van der Waals surface area contributed by atoms with E-state index in [4.69, 9.17) is 10.2 Å². The van der Waals surface area contributed by atoms with Crippen molar-refractivity contribution in [3.05, 3.63) is 0 Å². The zero-order valence-electron chi connectivity index (χ0n) is 8.44. The lowest BCUT2D eigenvalue weighted by Crippen LogP contribution is -2.30. The summed E-state index contributed by atoms with van der Waals surface area (Å²) in [4.78, 5) is 10.8. The lowest BCUT2D eigenvalue weighted by Gasteiger charge is -2.15. The van der Waals surface area contributed by atoms with Crippen LogP contribution in [0.2, 0.25) is 0 Å². The van der Waals surface area contributed by atoms with Crippen LogP contribution < -0.4 is 5.32 Å². The van der Waals surface area contributed by atoms with Crippen LogP contribution in [-0.2, 0) is 4.79 Å². The van der Waals surface area contributed by atoms with Gasteiger partial charge in [0.05, 0.1) is 12.7 Å². The van der Waals surface area contributed by atoms with Gasteiger partial charge < -0.3 is 20.6 Å². The Morgan fingerprint density at radius 2 is 2.00 bits per heavy atom. The number of nitrogens with one attached hydrogen (secondary N) is 1. The maximum atomic E-state index is 10.8. The molecule has 5 heteroatoms. The van der Waals surface area contributed by atoms with E-state index in [1.54, 1.807) is 6.92 Å². The van der Waals surface area contributed by atoms with Gasteiger partial charge >= 0.3 is 0 Å². The van der Waals surface area contributed by atoms with E-state index in [0.717, 1.165) is 0 Å². The van der Waals surface area contributed by atoms with E-state index >= 15 is 0 Å². The van der Waals surface area contributed by atoms with Gasteiger partial charge in [0.25, 0.3) is 0 Å². The van der Waals surface area contributed by atoms with E-state index in [-0.39, 0.29) is 5.91 Å². The van der Waals surface area contributed by atoms with E-state index in [0.29, 0.717) is 25.8 Å². The third-order valence-corrected chi connectivity index (χ3v) is 1.95. The summed E-state index contributed by atoms with van der Waals surface area (Å²) in [6.45, 7) is 1.81. The second kappa shape index (κ2) is 7.73. The first-order valence-corrected chi connectivity index (χ1v) is 4.85. The fourth-order valence-electron chi connectivity index (χ4n) is 0.978. The summed E-state index contributed by atoms with van der Waals surface area (Å²) in [7, 11) is 0. The molecule has 0 bridgehead atoms. The van der Waals surface area contributed by atoms with Crippen molar-refractivity contribution in [1.82, 2.24) is 5.32 Å². The Hall–Kier alpha value is -0.650. The fourth-order valence-corrected chi connectivity index (χ4v) is 0.978. The molecular formula is C9H19NO4. The summed E-state index contributed by atoms with van der Waals surface area (Å²) in [5, 5.41) is 29.4. The smallest absolute Gasteiger partial charge is 0.219 e. The van der Waals surface area contributed by atoms with Crippen LogP contribution in [0.25, 0.3) is 0 Å². The van der Waals surface area contributed by atoms with Gasteiger partial charge in [-0.3, -0.25) is 4.79 Å². The van der Waals surface area contributed by atoms with Crippen molar-refractivity contribution in [3.8, 4) is 0 Å². The Morgan fingerprint density at radius 1 is 1.36 bits per heavy atom. The Morgan fingerprint density at radius 3 is 2.50 bits per heavy atom. The quantitative estimate of drug-likeness (QED) is 0.402. The molecule has 0 radical (unpaired) electrons. The van der Waals surface area contributed by atoms with Gasteiger partial charge in [-0.25, -0.2) is 0 Å². The molecule has 0 unspecified atom stereocenters. The molecule has 0 heterocycles. The third kappa shape index (κ3) is 5.90. The van der Waals surface area contributed by atoms with Crippen LogP contribution in [0, 0.1) is 0 Å². The van der Waals surface area contributed by atoms with Gasteiger partial charge in [-0.15, -0.1) is 0 Å². The molecule has 0 saturated carbocycles. The van der Waals surface area contributed by atoms with E-state index in [1.165, 1.54) is 0 Å². The first kappa shape index (κ1) is 13.4. The van der Waals surface area contributed by atoms with Crippen LogP contribution in [0.1, 0.15) is 26.2 Å². The van der Waals surface area contributed by atoms with Gasteiger partial charge in [0, 0.05) is 13.0 Å². The van der Waals surface area contributed by atoms with Crippen LogP contribution in [0.5, 0.6) is 0 Å². The third-order valence-electron chi connectivity index (χ3n) is 1.95. The Bertz CT molecular complexity index is 163. The normalized spacial score (nSPS) is 14.9. The molecule has 84 valence electrons. The highest BCUT2D eigenvalue weighted by Gasteiger charge is 2.14. The minimum Gasteiger partial charge on any atom is -0.394 e. The Balaban J connectivity index is 3.40. The molecule has 0 rings (SSSR count). The van der Waals surface area contributed by atoms with Gasteiger partial charge in [0.15, 0.2) is 0 Å². The molecule has 1 amide bonds. The van der Waals surface area contributed by atoms with Crippen molar-refractivity contribution in [2.45, 2.75) is 38.4 Å².